The molecule has 0 fully saturated rings. The maximum atomic E-state index is 13.4. The number of pyridine rings is 1. The summed E-state index contributed by atoms with van der Waals surface area (Å²) < 4.78 is 13.4. The first kappa shape index (κ1) is 21.0. The number of amides is 2. The van der Waals surface area contributed by atoms with E-state index in [1.807, 2.05) is 6.07 Å². The van der Waals surface area contributed by atoms with Crippen molar-refractivity contribution in [2.75, 3.05) is 13.6 Å². The molecule has 0 bridgehead atoms. The van der Waals surface area contributed by atoms with Crippen LogP contribution in [0.2, 0.25) is 0 Å². The van der Waals surface area contributed by atoms with E-state index >= 15 is 0 Å². The van der Waals surface area contributed by atoms with Crippen LogP contribution in [0.25, 0.3) is 0 Å². The summed E-state index contributed by atoms with van der Waals surface area (Å²) in [4.78, 5) is 38.2. The number of carbonyl (C=O) groups is 2. The lowest BCUT2D eigenvalue weighted by Crippen LogP contribution is -2.27. The van der Waals surface area contributed by atoms with E-state index in [4.69, 9.17) is 0 Å². The highest BCUT2D eigenvalue weighted by molar-refractivity contribution is 5.94. The Morgan fingerprint density at radius 3 is 2.40 bits per heavy atom. The molecule has 0 aliphatic heterocycles. The number of carbonyl (C=O) groups excluding carboxylic acids is 2. The Morgan fingerprint density at radius 2 is 1.70 bits per heavy atom. The van der Waals surface area contributed by atoms with Crippen molar-refractivity contribution in [3.05, 3.63) is 105 Å². The third-order valence-electron chi connectivity index (χ3n) is 4.81. The Labute approximate surface area is 173 Å². The summed E-state index contributed by atoms with van der Waals surface area (Å²) in [6.45, 7) is 0.331. The monoisotopic (exact) mass is 407 g/mol. The van der Waals surface area contributed by atoms with Crippen molar-refractivity contribution in [3.8, 4) is 0 Å². The predicted octanol–water partition coefficient (Wildman–Crippen LogP) is 2.83. The molecule has 3 N–H and O–H groups in total. The van der Waals surface area contributed by atoms with E-state index in [-0.39, 0.29) is 34.7 Å². The Hall–Kier alpha value is -3.74. The molecule has 3 rings (SSSR count). The van der Waals surface area contributed by atoms with Gasteiger partial charge in [-0.3, -0.25) is 14.4 Å². The van der Waals surface area contributed by atoms with Gasteiger partial charge in [-0.15, -0.1) is 0 Å². The normalized spacial score (nSPS) is 11.5. The molecule has 0 aliphatic rings. The molecule has 1 aromatic heterocycles. The Kier molecular flexibility index (Phi) is 6.75. The number of aromatic amines is 1. The molecule has 7 heteroatoms. The second kappa shape index (κ2) is 9.65. The van der Waals surface area contributed by atoms with Gasteiger partial charge >= 0.3 is 0 Å². The van der Waals surface area contributed by atoms with E-state index in [1.54, 1.807) is 37.4 Å². The SMILES string of the molecule is CNC(=O)c1cccc(C(CCNC(=O)c2cc[nH]c(=O)c2)c2ccc(F)cc2)c1. The number of rotatable bonds is 7. The molecular formula is C23H22FN3O3. The minimum absolute atomic E-state index is 0.158. The largest absolute Gasteiger partial charge is 0.355 e. The lowest BCUT2D eigenvalue weighted by molar-refractivity contribution is 0.0948. The van der Waals surface area contributed by atoms with Crippen LogP contribution in [-0.2, 0) is 0 Å². The fourth-order valence-electron chi connectivity index (χ4n) is 3.28. The molecule has 6 nitrogen and oxygen atoms in total. The first-order valence-electron chi connectivity index (χ1n) is 9.52. The zero-order valence-corrected chi connectivity index (χ0v) is 16.4. The number of hydrogen-bond donors (Lipinski definition) is 3. The number of hydrogen-bond acceptors (Lipinski definition) is 3. The van der Waals surface area contributed by atoms with Gasteiger partial charge in [0.15, 0.2) is 0 Å². The van der Waals surface area contributed by atoms with Crippen LogP contribution in [0, 0.1) is 5.82 Å². The van der Waals surface area contributed by atoms with E-state index < -0.39 is 0 Å². The minimum atomic E-state index is -0.349. The lowest BCUT2D eigenvalue weighted by Gasteiger charge is -2.19. The molecular weight excluding hydrogens is 385 g/mol. The van der Waals surface area contributed by atoms with Crippen molar-refractivity contribution in [2.45, 2.75) is 12.3 Å². The maximum absolute atomic E-state index is 13.4. The van der Waals surface area contributed by atoms with Crippen LogP contribution in [0.3, 0.4) is 0 Å². The first-order chi connectivity index (χ1) is 14.5. The fraction of sp³-hybridized carbons (Fsp3) is 0.174. The smallest absolute Gasteiger partial charge is 0.251 e. The van der Waals surface area contributed by atoms with Gasteiger partial charge in [0.25, 0.3) is 11.8 Å². The van der Waals surface area contributed by atoms with E-state index in [0.717, 1.165) is 11.1 Å². The second-order valence-electron chi connectivity index (χ2n) is 6.79. The van der Waals surface area contributed by atoms with Gasteiger partial charge in [-0.05, 0) is 47.9 Å². The Balaban J connectivity index is 1.80. The van der Waals surface area contributed by atoms with Gasteiger partial charge in [-0.25, -0.2) is 4.39 Å². The summed E-state index contributed by atoms with van der Waals surface area (Å²) >= 11 is 0. The number of nitrogens with one attached hydrogen (secondary N) is 3. The summed E-state index contributed by atoms with van der Waals surface area (Å²) in [5.41, 5.74) is 2.20. The standard InChI is InChI=1S/C23H22FN3O3/c1-25-22(29)17-4-2-3-16(13-17)20(15-5-7-19(24)8-6-15)10-12-27-23(30)18-9-11-26-21(28)14-18/h2-9,11,13-14,20H,10,12H2,1H3,(H,25,29)(H,26,28)(H,27,30). The van der Waals surface area contributed by atoms with Gasteiger partial charge in [0.1, 0.15) is 5.82 Å². The molecule has 2 aromatic carbocycles. The molecule has 1 unspecified atom stereocenters. The van der Waals surface area contributed by atoms with Crippen LogP contribution in [0.5, 0.6) is 0 Å². The second-order valence-corrected chi connectivity index (χ2v) is 6.79. The zero-order valence-electron chi connectivity index (χ0n) is 16.4. The summed E-state index contributed by atoms with van der Waals surface area (Å²) in [5.74, 6) is -1.04. The molecule has 0 aliphatic carbocycles. The van der Waals surface area contributed by atoms with E-state index in [9.17, 15) is 18.8 Å². The molecule has 0 radical (unpaired) electrons. The van der Waals surface area contributed by atoms with Gasteiger partial charge in [-0.2, -0.15) is 0 Å². The summed E-state index contributed by atoms with van der Waals surface area (Å²) in [6.07, 6.45) is 1.95. The highest BCUT2D eigenvalue weighted by atomic mass is 19.1. The molecule has 30 heavy (non-hydrogen) atoms. The third-order valence-corrected chi connectivity index (χ3v) is 4.81. The van der Waals surface area contributed by atoms with E-state index in [0.29, 0.717) is 18.5 Å². The van der Waals surface area contributed by atoms with Crippen LogP contribution >= 0.6 is 0 Å². The molecule has 1 heterocycles. The third kappa shape index (κ3) is 5.20. The van der Waals surface area contributed by atoms with E-state index in [2.05, 4.69) is 15.6 Å². The molecule has 0 saturated carbocycles. The van der Waals surface area contributed by atoms with Gasteiger partial charge in [-0.1, -0.05) is 24.3 Å². The van der Waals surface area contributed by atoms with Crippen molar-refractivity contribution in [1.82, 2.24) is 15.6 Å². The van der Waals surface area contributed by atoms with Crippen LogP contribution in [-0.4, -0.2) is 30.4 Å². The summed E-state index contributed by atoms with van der Waals surface area (Å²) in [5, 5.41) is 5.41. The van der Waals surface area contributed by atoms with Crippen molar-refractivity contribution < 1.29 is 14.0 Å². The number of H-pyrrole nitrogens is 1. The first-order valence-corrected chi connectivity index (χ1v) is 9.52. The average molecular weight is 407 g/mol. The average Bonchev–Trinajstić information content (AvgIpc) is 2.77. The highest BCUT2D eigenvalue weighted by Crippen LogP contribution is 2.28. The molecule has 0 spiro atoms. The van der Waals surface area contributed by atoms with Crippen LogP contribution < -0.4 is 16.2 Å². The predicted molar refractivity (Wildman–Crippen MR) is 112 cm³/mol. The fourth-order valence-corrected chi connectivity index (χ4v) is 3.28. The number of aromatic nitrogens is 1. The van der Waals surface area contributed by atoms with Crippen molar-refractivity contribution in [1.29, 1.82) is 0 Å². The van der Waals surface area contributed by atoms with Crippen molar-refractivity contribution >= 4 is 11.8 Å². The van der Waals surface area contributed by atoms with Gasteiger partial charge < -0.3 is 15.6 Å². The quantitative estimate of drug-likeness (QED) is 0.563. The number of benzene rings is 2. The molecule has 0 saturated heterocycles. The lowest BCUT2D eigenvalue weighted by atomic mass is 9.87. The van der Waals surface area contributed by atoms with E-state index in [1.165, 1.54) is 30.5 Å². The summed E-state index contributed by atoms with van der Waals surface area (Å²) in [6, 6.07) is 16.2. The van der Waals surface area contributed by atoms with Crippen LogP contribution in [0.15, 0.2) is 71.7 Å². The van der Waals surface area contributed by atoms with Gasteiger partial charge in [0.05, 0.1) is 0 Å². The molecule has 1 atom stereocenters. The highest BCUT2D eigenvalue weighted by Gasteiger charge is 2.17. The van der Waals surface area contributed by atoms with Crippen molar-refractivity contribution in [2.24, 2.45) is 0 Å². The maximum Gasteiger partial charge on any atom is 0.251 e. The molecule has 3 aromatic rings. The zero-order chi connectivity index (χ0) is 21.5. The molecule has 154 valence electrons. The Morgan fingerprint density at radius 1 is 0.967 bits per heavy atom. The topological polar surface area (TPSA) is 91.1 Å². The summed E-state index contributed by atoms with van der Waals surface area (Å²) in [7, 11) is 1.57. The van der Waals surface area contributed by atoms with Gasteiger partial charge in [0.2, 0.25) is 5.56 Å². The van der Waals surface area contributed by atoms with Crippen LogP contribution in [0.4, 0.5) is 4.39 Å². The minimum Gasteiger partial charge on any atom is -0.355 e. The van der Waals surface area contributed by atoms with Gasteiger partial charge in [0, 0.05) is 42.9 Å². The van der Waals surface area contributed by atoms with Crippen LogP contribution in [0.1, 0.15) is 44.2 Å². The van der Waals surface area contributed by atoms with Crippen molar-refractivity contribution in [3.63, 3.8) is 0 Å². The Bertz CT molecular complexity index is 1090. The molecule has 2 amide bonds. The number of halogens is 1.